The highest BCUT2D eigenvalue weighted by Crippen LogP contribution is 2.30. The Morgan fingerprint density at radius 2 is 2.05 bits per heavy atom. The van der Waals surface area contributed by atoms with Crippen LogP contribution in [-0.2, 0) is 4.79 Å². The van der Waals surface area contributed by atoms with Gasteiger partial charge in [0.2, 0.25) is 5.91 Å². The molecule has 2 heterocycles. The molecule has 116 valence electrons. The summed E-state index contributed by atoms with van der Waals surface area (Å²) in [5, 5.41) is 6.91. The van der Waals surface area contributed by atoms with Crippen LogP contribution in [0.3, 0.4) is 0 Å². The lowest BCUT2D eigenvalue weighted by Gasteiger charge is -2.21. The molecule has 1 saturated heterocycles. The van der Waals surface area contributed by atoms with E-state index in [0.29, 0.717) is 5.13 Å². The number of carbonyl (C=O) groups excluding carboxylic acids is 1. The van der Waals surface area contributed by atoms with E-state index in [1.165, 1.54) is 16.9 Å². The van der Waals surface area contributed by atoms with Crippen LogP contribution in [0.1, 0.15) is 29.7 Å². The van der Waals surface area contributed by atoms with E-state index in [2.05, 4.69) is 46.8 Å². The lowest BCUT2D eigenvalue weighted by atomic mass is 10.0. The molecule has 0 radical (unpaired) electrons. The third kappa shape index (κ3) is 3.36. The predicted octanol–water partition coefficient (Wildman–Crippen LogP) is 3.51. The van der Waals surface area contributed by atoms with Crippen molar-refractivity contribution in [2.45, 2.75) is 39.2 Å². The van der Waals surface area contributed by atoms with Crippen molar-refractivity contribution in [2.75, 3.05) is 11.9 Å². The van der Waals surface area contributed by atoms with Gasteiger partial charge in [-0.05, 0) is 33.2 Å². The quantitative estimate of drug-likeness (QED) is 0.911. The summed E-state index contributed by atoms with van der Waals surface area (Å²) in [5.74, 6) is 0.0314. The largest absolute Gasteiger partial charge is 0.306 e. The summed E-state index contributed by atoms with van der Waals surface area (Å²) in [6, 6.07) is 8.23. The molecule has 0 bridgehead atoms. The van der Waals surface area contributed by atoms with Gasteiger partial charge >= 0.3 is 0 Å². The Hall–Kier alpha value is -1.72. The van der Waals surface area contributed by atoms with Gasteiger partial charge in [0, 0.05) is 10.4 Å². The first-order chi connectivity index (χ1) is 10.6. The summed E-state index contributed by atoms with van der Waals surface area (Å²) in [6.07, 6.45) is 3.16. The molecular formula is C17H21N3OS. The van der Waals surface area contributed by atoms with E-state index in [1.807, 2.05) is 6.92 Å². The number of aromatic nitrogens is 1. The molecule has 2 aromatic rings. The average Bonchev–Trinajstić information content (AvgIpc) is 2.89. The minimum absolute atomic E-state index is 0.0314. The van der Waals surface area contributed by atoms with Gasteiger partial charge in [0.15, 0.2) is 5.13 Å². The van der Waals surface area contributed by atoms with Gasteiger partial charge in [-0.2, -0.15) is 0 Å². The van der Waals surface area contributed by atoms with Crippen LogP contribution in [0.25, 0.3) is 11.3 Å². The first-order valence-corrected chi connectivity index (χ1v) is 8.54. The van der Waals surface area contributed by atoms with Crippen LogP contribution in [0.5, 0.6) is 0 Å². The number of piperidine rings is 1. The van der Waals surface area contributed by atoms with E-state index in [0.717, 1.165) is 41.9 Å². The second-order valence-electron chi connectivity index (χ2n) is 5.78. The summed E-state index contributed by atoms with van der Waals surface area (Å²) in [5.41, 5.74) is 3.28. The summed E-state index contributed by atoms with van der Waals surface area (Å²) >= 11 is 1.53. The Balaban J connectivity index is 1.74. The molecule has 1 unspecified atom stereocenters. The third-order valence-electron chi connectivity index (χ3n) is 3.98. The molecule has 1 amide bonds. The predicted molar refractivity (Wildman–Crippen MR) is 91.3 cm³/mol. The molecule has 0 spiro atoms. The Morgan fingerprint density at radius 1 is 1.27 bits per heavy atom. The number of nitrogens with zero attached hydrogens (tertiary/aromatic N) is 1. The monoisotopic (exact) mass is 315 g/mol. The molecule has 0 aliphatic carbocycles. The number of amides is 1. The fourth-order valence-corrected chi connectivity index (χ4v) is 3.54. The number of carbonyl (C=O) groups is 1. The van der Waals surface area contributed by atoms with E-state index in [9.17, 15) is 4.79 Å². The number of thiazole rings is 1. The standard InChI is InChI=1S/C17H21N3OS/c1-11-6-8-13(9-7-11)15-12(2)22-17(19-15)20-16(21)14-5-3-4-10-18-14/h6-9,14,18H,3-5,10H2,1-2H3,(H,19,20,21). The number of anilines is 1. The first kappa shape index (κ1) is 15.2. The van der Waals surface area contributed by atoms with Crippen molar-refractivity contribution in [3.05, 3.63) is 34.7 Å². The Morgan fingerprint density at radius 3 is 2.73 bits per heavy atom. The second-order valence-corrected chi connectivity index (χ2v) is 6.98. The van der Waals surface area contributed by atoms with Crippen molar-refractivity contribution >= 4 is 22.4 Å². The van der Waals surface area contributed by atoms with Gasteiger partial charge in [-0.15, -0.1) is 11.3 Å². The Kier molecular flexibility index (Phi) is 4.55. The zero-order valence-corrected chi connectivity index (χ0v) is 13.8. The van der Waals surface area contributed by atoms with Crippen LogP contribution in [-0.4, -0.2) is 23.5 Å². The van der Waals surface area contributed by atoms with Crippen molar-refractivity contribution < 1.29 is 4.79 Å². The summed E-state index contributed by atoms with van der Waals surface area (Å²) in [6.45, 7) is 5.03. The van der Waals surface area contributed by atoms with Crippen molar-refractivity contribution in [3.63, 3.8) is 0 Å². The van der Waals surface area contributed by atoms with E-state index in [1.54, 1.807) is 0 Å². The molecule has 0 saturated carbocycles. The molecule has 1 aromatic carbocycles. The molecule has 1 aliphatic heterocycles. The molecule has 4 nitrogen and oxygen atoms in total. The third-order valence-corrected chi connectivity index (χ3v) is 4.86. The highest BCUT2D eigenvalue weighted by atomic mass is 32.1. The Bertz CT molecular complexity index is 657. The van der Waals surface area contributed by atoms with Gasteiger partial charge < -0.3 is 10.6 Å². The number of benzene rings is 1. The minimum atomic E-state index is -0.0826. The van der Waals surface area contributed by atoms with Gasteiger partial charge in [0.25, 0.3) is 0 Å². The zero-order valence-electron chi connectivity index (χ0n) is 13.0. The molecule has 1 aliphatic rings. The molecule has 1 fully saturated rings. The van der Waals surface area contributed by atoms with Crippen LogP contribution in [0, 0.1) is 13.8 Å². The van der Waals surface area contributed by atoms with Gasteiger partial charge in [-0.25, -0.2) is 4.98 Å². The summed E-state index contributed by atoms with van der Waals surface area (Å²) < 4.78 is 0. The number of rotatable bonds is 3. The van der Waals surface area contributed by atoms with Gasteiger partial charge in [0.05, 0.1) is 11.7 Å². The SMILES string of the molecule is Cc1ccc(-c2nc(NC(=O)C3CCCCN3)sc2C)cc1. The lowest BCUT2D eigenvalue weighted by Crippen LogP contribution is -2.43. The van der Waals surface area contributed by atoms with Crippen molar-refractivity contribution in [2.24, 2.45) is 0 Å². The van der Waals surface area contributed by atoms with E-state index < -0.39 is 0 Å². The average molecular weight is 315 g/mol. The van der Waals surface area contributed by atoms with Crippen LogP contribution < -0.4 is 10.6 Å². The molecule has 1 aromatic heterocycles. The van der Waals surface area contributed by atoms with Crippen LogP contribution in [0.2, 0.25) is 0 Å². The number of hydrogen-bond donors (Lipinski definition) is 2. The number of nitrogens with one attached hydrogen (secondary N) is 2. The Labute approximate surface area is 135 Å². The second kappa shape index (κ2) is 6.58. The number of aryl methyl sites for hydroxylation is 2. The zero-order chi connectivity index (χ0) is 15.5. The van der Waals surface area contributed by atoms with Crippen molar-refractivity contribution in [3.8, 4) is 11.3 Å². The molecule has 5 heteroatoms. The summed E-state index contributed by atoms with van der Waals surface area (Å²) in [7, 11) is 0. The summed E-state index contributed by atoms with van der Waals surface area (Å²) in [4.78, 5) is 18.0. The van der Waals surface area contributed by atoms with Gasteiger partial charge in [0.1, 0.15) is 0 Å². The number of hydrogen-bond acceptors (Lipinski definition) is 4. The van der Waals surface area contributed by atoms with Crippen molar-refractivity contribution in [1.82, 2.24) is 10.3 Å². The topological polar surface area (TPSA) is 54.0 Å². The van der Waals surface area contributed by atoms with Crippen LogP contribution in [0.4, 0.5) is 5.13 Å². The highest BCUT2D eigenvalue weighted by molar-refractivity contribution is 7.16. The fraction of sp³-hybridized carbons (Fsp3) is 0.412. The molecular weight excluding hydrogens is 294 g/mol. The molecule has 3 rings (SSSR count). The van der Waals surface area contributed by atoms with E-state index in [-0.39, 0.29) is 11.9 Å². The van der Waals surface area contributed by atoms with Crippen molar-refractivity contribution in [1.29, 1.82) is 0 Å². The first-order valence-electron chi connectivity index (χ1n) is 7.72. The van der Waals surface area contributed by atoms with Crippen LogP contribution >= 0.6 is 11.3 Å². The van der Waals surface area contributed by atoms with E-state index in [4.69, 9.17) is 0 Å². The minimum Gasteiger partial charge on any atom is -0.306 e. The van der Waals surface area contributed by atoms with Gasteiger partial charge in [-0.3, -0.25) is 4.79 Å². The molecule has 1 atom stereocenters. The lowest BCUT2D eigenvalue weighted by molar-refractivity contribution is -0.118. The van der Waals surface area contributed by atoms with E-state index >= 15 is 0 Å². The van der Waals surface area contributed by atoms with Crippen LogP contribution in [0.15, 0.2) is 24.3 Å². The molecule has 2 N–H and O–H groups in total. The highest BCUT2D eigenvalue weighted by Gasteiger charge is 2.21. The van der Waals surface area contributed by atoms with Gasteiger partial charge in [-0.1, -0.05) is 36.2 Å². The maximum absolute atomic E-state index is 12.3. The maximum Gasteiger partial charge on any atom is 0.243 e. The normalized spacial score (nSPS) is 18.2. The maximum atomic E-state index is 12.3. The smallest absolute Gasteiger partial charge is 0.243 e. The molecule has 22 heavy (non-hydrogen) atoms. The fourth-order valence-electron chi connectivity index (χ4n) is 2.70.